The van der Waals surface area contributed by atoms with E-state index in [0.29, 0.717) is 22.7 Å². The Bertz CT molecular complexity index is 1940. The molecule has 0 aliphatic rings. The first kappa shape index (κ1) is 31.9. The fraction of sp³-hybridized carbons (Fsp3) is 0.0588. The van der Waals surface area contributed by atoms with Crippen molar-refractivity contribution in [1.82, 2.24) is 0 Å². The van der Waals surface area contributed by atoms with Gasteiger partial charge in [-0.05, 0) is 98.8 Å². The van der Waals surface area contributed by atoms with Crippen LogP contribution in [0.5, 0.6) is 0 Å². The molecule has 10 nitrogen and oxygen atoms in total. The molecule has 12 heteroatoms. The van der Waals surface area contributed by atoms with Crippen LogP contribution >= 0.6 is 0 Å². The van der Waals surface area contributed by atoms with Crippen LogP contribution < -0.4 is 20.1 Å². The number of anilines is 4. The first-order valence-corrected chi connectivity index (χ1v) is 17.0. The maximum atomic E-state index is 13.2. The number of hydrogen-bond acceptors (Lipinski definition) is 6. The molecule has 0 unspecified atom stereocenters. The molecule has 0 bridgehead atoms. The molecule has 0 aromatic heterocycles. The van der Waals surface area contributed by atoms with E-state index in [0.717, 1.165) is 11.1 Å². The van der Waals surface area contributed by atoms with E-state index < -0.39 is 31.9 Å². The molecule has 234 valence electrons. The number of benzene rings is 5. The Hall–Kier alpha value is -5.46. The Labute approximate surface area is 267 Å². The van der Waals surface area contributed by atoms with Gasteiger partial charge in [0.1, 0.15) is 0 Å². The molecule has 0 fully saturated rings. The third-order valence-electron chi connectivity index (χ3n) is 6.87. The van der Waals surface area contributed by atoms with Gasteiger partial charge in [0.05, 0.1) is 20.9 Å². The van der Waals surface area contributed by atoms with Crippen LogP contribution in [-0.2, 0) is 20.0 Å². The number of hydrogen-bond donors (Lipinski definition) is 4. The van der Waals surface area contributed by atoms with Crippen LogP contribution in [0.25, 0.3) is 0 Å². The molecule has 46 heavy (non-hydrogen) atoms. The molecule has 0 heterocycles. The fourth-order valence-corrected chi connectivity index (χ4v) is 6.50. The molecule has 5 aromatic rings. The van der Waals surface area contributed by atoms with E-state index in [4.69, 9.17) is 0 Å². The van der Waals surface area contributed by atoms with Gasteiger partial charge in [-0.15, -0.1) is 0 Å². The molecule has 2 amide bonds. The smallest absolute Gasteiger partial charge is 0.261 e. The summed E-state index contributed by atoms with van der Waals surface area (Å²) in [4.78, 5) is 26.6. The topological polar surface area (TPSA) is 151 Å². The number of nitrogens with one attached hydrogen (secondary N) is 4. The average Bonchev–Trinajstić information content (AvgIpc) is 3.03. The lowest BCUT2D eigenvalue weighted by molar-refractivity contribution is 0.0990. The van der Waals surface area contributed by atoms with Gasteiger partial charge >= 0.3 is 0 Å². The standard InChI is InChI=1S/C34H30N4O6S2/c1-23-7-19-29(20-8-23)45(41,42)37-27-15-11-25(12-16-27)35-33(39)31-5-3-4-6-32(31)34(40)36-26-13-17-28(18-14-26)38-46(43,44)30-21-9-24(2)10-22-30/h3-22,37-38H,1-2H3,(H,35,39)(H,36,40). The molecule has 0 aliphatic heterocycles. The van der Waals surface area contributed by atoms with E-state index in [-0.39, 0.29) is 20.9 Å². The van der Waals surface area contributed by atoms with Crippen molar-refractivity contribution in [3.05, 3.63) is 144 Å². The second-order valence-corrected chi connectivity index (χ2v) is 13.8. The summed E-state index contributed by atoms with van der Waals surface area (Å²) in [5, 5.41) is 5.46. The molecule has 0 aliphatic carbocycles. The number of amides is 2. The molecule has 0 radical (unpaired) electrons. The van der Waals surface area contributed by atoms with Crippen LogP contribution in [0.3, 0.4) is 0 Å². The van der Waals surface area contributed by atoms with Crippen LogP contribution in [0.4, 0.5) is 22.7 Å². The number of aryl methyl sites for hydroxylation is 2. The second-order valence-electron chi connectivity index (χ2n) is 10.4. The Balaban J connectivity index is 1.22. The van der Waals surface area contributed by atoms with E-state index >= 15 is 0 Å². The molecule has 5 rings (SSSR count). The molecule has 0 saturated carbocycles. The molecule has 0 saturated heterocycles. The van der Waals surface area contributed by atoms with Gasteiger partial charge in [0.15, 0.2) is 0 Å². The van der Waals surface area contributed by atoms with E-state index in [9.17, 15) is 26.4 Å². The quantitative estimate of drug-likeness (QED) is 0.137. The largest absolute Gasteiger partial charge is 0.322 e. The molecule has 0 spiro atoms. The summed E-state index contributed by atoms with van der Waals surface area (Å²) in [7, 11) is -7.57. The SMILES string of the molecule is Cc1ccc(S(=O)(=O)Nc2ccc(NC(=O)c3ccccc3C(=O)Nc3ccc(NS(=O)(=O)c4ccc(C)cc4)cc3)cc2)cc1. The van der Waals surface area contributed by atoms with Gasteiger partial charge in [-0.2, -0.15) is 0 Å². The Morgan fingerprint density at radius 3 is 1.07 bits per heavy atom. The minimum atomic E-state index is -3.79. The molecular formula is C34H30N4O6S2. The van der Waals surface area contributed by atoms with Crippen molar-refractivity contribution >= 4 is 54.6 Å². The van der Waals surface area contributed by atoms with Gasteiger partial charge in [-0.3, -0.25) is 19.0 Å². The Kier molecular flexibility index (Phi) is 9.21. The van der Waals surface area contributed by atoms with Gasteiger partial charge in [0.2, 0.25) is 0 Å². The second kappa shape index (κ2) is 13.3. The van der Waals surface area contributed by atoms with E-state index in [2.05, 4.69) is 20.1 Å². The van der Waals surface area contributed by atoms with Crippen molar-refractivity contribution in [3.63, 3.8) is 0 Å². The Morgan fingerprint density at radius 2 is 0.739 bits per heavy atom. The predicted molar refractivity (Wildman–Crippen MR) is 179 cm³/mol. The van der Waals surface area contributed by atoms with Crippen LogP contribution in [0.2, 0.25) is 0 Å². The maximum Gasteiger partial charge on any atom is 0.261 e. The summed E-state index contributed by atoms with van der Waals surface area (Å²) >= 11 is 0. The van der Waals surface area contributed by atoms with Crippen molar-refractivity contribution in [2.45, 2.75) is 23.6 Å². The highest BCUT2D eigenvalue weighted by molar-refractivity contribution is 7.93. The van der Waals surface area contributed by atoms with Gasteiger partial charge in [-0.25, -0.2) is 16.8 Å². The zero-order valence-corrected chi connectivity index (χ0v) is 26.4. The number of rotatable bonds is 10. The van der Waals surface area contributed by atoms with Crippen LogP contribution in [-0.4, -0.2) is 28.6 Å². The lowest BCUT2D eigenvalue weighted by atomic mass is 10.1. The van der Waals surface area contributed by atoms with Gasteiger partial charge in [-0.1, -0.05) is 47.5 Å². The molecule has 4 N–H and O–H groups in total. The summed E-state index contributed by atoms with van der Waals surface area (Å²) in [5.74, 6) is -1.08. The third-order valence-corrected chi connectivity index (χ3v) is 9.66. The van der Waals surface area contributed by atoms with Crippen LogP contribution in [0.15, 0.2) is 131 Å². The van der Waals surface area contributed by atoms with Crippen LogP contribution in [0, 0.1) is 13.8 Å². The van der Waals surface area contributed by atoms with E-state index in [1.165, 1.54) is 60.7 Å². The average molecular weight is 655 g/mol. The van der Waals surface area contributed by atoms with Crippen molar-refractivity contribution in [3.8, 4) is 0 Å². The zero-order valence-electron chi connectivity index (χ0n) is 24.8. The van der Waals surface area contributed by atoms with Gasteiger partial charge in [0.25, 0.3) is 31.9 Å². The van der Waals surface area contributed by atoms with Gasteiger partial charge in [0, 0.05) is 22.7 Å². The zero-order chi connectivity index (χ0) is 32.9. The van der Waals surface area contributed by atoms with Crippen molar-refractivity contribution < 1.29 is 26.4 Å². The first-order chi connectivity index (χ1) is 21.9. The highest BCUT2D eigenvalue weighted by atomic mass is 32.2. The minimum absolute atomic E-state index is 0.117. The number of carbonyl (C=O) groups excluding carboxylic acids is 2. The highest BCUT2D eigenvalue weighted by Crippen LogP contribution is 2.22. The first-order valence-electron chi connectivity index (χ1n) is 14.0. The van der Waals surface area contributed by atoms with Gasteiger partial charge < -0.3 is 10.6 Å². The summed E-state index contributed by atoms with van der Waals surface area (Å²) in [6.07, 6.45) is 0. The molecule has 5 aromatic carbocycles. The maximum absolute atomic E-state index is 13.2. The third kappa shape index (κ3) is 7.78. The number of carbonyl (C=O) groups is 2. The lowest BCUT2D eigenvalue weighted by Gasteiger charge is -2.13. The predicted octanol–water partition coefficient (Wildman–Crippen LogP) is 6.41. The van der Waals surface area contributed by atoms with Crippen LogP contribution in [0.1, 0.15) is 31.8 Å². The molecule has 0 atom stereocenters. The minimum Gasteiger partial charge on any atom is -0.322 e. The van der Waals surface area contributed by atoms with E-state index in [1.54, 1.807) is 60.7 Å². The summed E-state index contributed by atoms with van der Waals surface area (Å²) < 4.78 is 55.7. The van der Waals surface area contributed by atoms with Crippen molar-refractivity contribution in [1.29, 1.82) is 0 Å². The van der Waals surface area contributed by atoms with E-state index in [1.807, 2.05) is 13.8 Å². The summed E-state index contributed by atoms with van der Waals surface area (Å²) in [5.41, 5.74) is 3.52. The molecular weight excluding hydrogens is 625 g/mol. The monoisotopic (exact) mass is 654 g/mol. The summed E-state index contributed by atoms with van der Waals surface area (Å²) in [6.45, 7) is 3.73. The Morgan fingerprint density at radius 1 is 0.435 bits per heavy atom. The van der Waals surface area contributed by atoms with Crippen molar-refractivity contribution in [2.75, 3.05) is 20.1 Å². The number of sulfonamides is 2. The normalized spacial score (nSPS) is 11.3. The highest BCUT2D eigenvalue weighted by Gasteiger charge is 2.19. The fourth-order valence-electron chi connectivity index (χ4n) is 4.38. The lowest BCUT2D eigenvalue weighted by Crippen LogP contribution is -2.20. The van der Waals surface area contributed by atoms with Crippen molar-refractivity contribution in [2.24, 2.45) is 0 Å². The summed E-state index contributed by atoms with van der Waals surface area (Å²) in [6, 6.07) is 31.4.